The van der Waals surface area contributed by atoms with Crippen LogP contribution in [0.2, 0.25) is 0 Å². The van der Waals surface area contributed by atoms with Gasteiger partial charge in [0.2, 0.25) is 0 Å². The van der Waals surface area contributed by atoms with Crippen molar-refractivity contribution in [3.05, 3.63) is 258 Å². The second-order valence-corrected chi connectivity index (χ2v) is 36.0. The molecule has 0 saturated heterocycles. The first-order valence-electron chi connectivity index (χ1n) is 36.9. The van der Waals surface area contributed by atoms with Crippen LogP contribution in [0.1, 0.15) is 158 Å². The van der Waals surface area contributed by atoms with Gasteiger partial charge in [0.05, 0.1) is 38.6 Å². The summed E-state index contributed by atoms with van der Waals surface area (Å²) in [5, 5.41) is 12.1. The second kappa shape index (κ2) is 21.6. The van der Waals surface area contributed by atoms with Gasteiger partial charge in [-0.25, -0.2) is 0 Å². The molecule has 0 aliphatic carbocycles. The summed E-state index contributed by atoms with van der Waals surface area (Å²) < 4.78 is 14.9. The van der Waals surface area contributed by atoms with Crippen LogP contribution in [0.5, 0.6) is 0 Å². The highest BCUT2D eigenvalue weighted by atomic mass is 16.3. The summed E-state index contributed by atoms with van der Waals surface area (Å²) in [6, 6.07) is 87.3. The molecule has 4 nitrogen and oxygen atoms in total. The molecule has 0 aliphatic heterocycles. The fourth-order valence-electron chi connectivity index (χ4n) is 16.7. The molecule has 0 unspecified atom stereocenters. The third-order valence-corrected chi connectivity index (χ3v) is 22.7. The van der Waals surface area contributed by atoms with E-state index >= 15 is 0 Å². The SMILES string of the molecule is CC(C)(C)c1cc(-c2cc(-c3ccc4c(c3)c3ccccc3n4-c3cccc(-c4ccccc4)c3)c3c(c2)c2cc(-c4cc(C(C)(C)C)cc(C(C)(C)C)c4)cc4c5cc6c7cc(-c8cc(C(C)(C)C)cc(C(C)(C)C)c8)cc8c9oc%10ccccc%10c9n(c6cc5n3c42)c78)cc(C(C)(C)C)c1. The Hall–Kier alpha value is -10.4. The molecule has 0 N–H and O–H groups in total. The monoisotopic (exact) mass is 1330 g/mol. The van der Waals surface area contributed by atoms with Gasteiger partial charge in [-0.2, -0.15) is 0 Å². The molecular formula is C98H91N3O. The van der Waals surface area contributed by atoms with Crippen LogP contribution in [0.15, 0.2) is 229 Å². The molecule has 102 heavy (non-hydrogen) atoms. The van der Waals surface area contributed by atoms with Crippen LogP contribution in [0.3, 0.4) is 0 Å². The van der Waals surface area contributed by atoms with Gasteiger partial charge in [-0.1, -0.05) is 258 Å². The van der Waals surface area contributed by atoms with Gasteiger partial charge in [0.25, 0.3) is 0 Å². The zero-order chi connectivity index (χ0) is 71.0. The third kappa shape index (κ3) is 9.89. The fourth-order valence-corrected chi connectivity index (χ4v) is 16.7. The molecule has 0 amide bonds. The topological polar surface area (TPSA) is 26.9 Å². The average molecular weight is 1330 g/mol. The molecule has 0 radical (unpaired) electrons. The summed E-state index contributed by atoms with van der Waals surface area (Å²) in [4.78, 5) is 0. The van der Waals surface area contributed by atoms with E-state index in [9.17, 15) is 0 Å². The van der Waals surface area contributed by atoms with E-state index in [2.05, 4.69) is 362 Å². The summed E-state index contributed by atoms with van der Waals surface area (Å²) in [7, 11) is 0. The third-order valence-electron chi connectivity index (χ3n) is 22.7. The number of benzene rings is 12. The van der Waals surface area contributed by atoms with Gasteiger partial charge in [0.15, 0.2) is 5.58 Å². The quantitative estimate of drug-likeness (QED) is 0.163. The highest BCUT2D eigenvalue weighted by Crippen LogP contribution is 2.52. The van der Waals surface area contributed by atoms with Crippen LogP contribution in [-0.4, -0.2) is 13.4 Å². The number of fused-ring (bicyclic) bond motifs is 17. The van der Waals surface area contributed by atoms with Crippen molar-refractivity contribution in [2.75, 3.05) is 0 Å². The zero-order valence-corrected chi connectivity index (χ0v) is 62.6. The molecule has 504 valence electrons. The maximum atomic E-state index is 7.13. The van der Waals surface area contributed by atoms with Crippen molar-refractivity contribution in [1.82, 2.24) is 13.4 Å². The molecule has 0 fully saturated rings. The zero-order valence-electron chi connectivity index (χ0n) is 62.6. The van der Waals surface area contributed by atoms with Gasteiger partial charge in [0, 0.05) is 65.1 Å². The Labute approximate surface area is 599 Å². The van der Waals surface area contributed by atoms with Crippen molar-refractivity contribution in [3.8, 4) is 61.3 Å². The van der Waals surface area contributed by atoms with E-state index in [1.165, 1.54) is 171 Å². The standard InChI is InChI=1S/C98H91N3O/c1-93(2,3)65-37-59(38-66(51-65)94(4,5)6)62-45-74(58-35-36-84-75(44-58)72-31-22-24-33-83(72)99(84)71-30-26-29-57(43-71)56-27-20-19-21-28-56)88-80(48-62)81-49-63(60-39-67(95(7,8)9)52-68(40-60)96(10,11)12)46-78-76-54-77-79-47-64(61-41-69(97(13,14)15)53-70(42-61)98(16,17)18)50-82-90(79)101(86(77)55-85(76)100(88)89(78)81)91-73-32-23-25-34-87(73)102-92(82)91/h19-55H,1-18H3. The van der Waals surface area contributed by atoms with Crippen molar-refractivity contribution in [2.45, 2.75) is 157 Å². The van der Waals surface area contributed by atoms with Crippen LogP contribution in [0.25, 0.3) is 170 Å². The van der Waals surface area contributed by atoms with E-state index in [0.29, 0.717) is 0 Å². The molecule has 18 aromatic rings. The number of para-hydroxylation sites is 2. The van der Waals surface area contributed by atoms with Crippen LogP contribution in [0, 0.1) is 0 Å². The predicted octanol–water partition coefficient (Wildman–Crippen LogP) is 28.0. The van der Waals surface area contributed by atoms with Gasteiger partial charge in [-0.15, -0.1) is 0 Å². The van der Waals surface area contributed by atoms with Crippen molar-refractivity contribution in [3.63, 3.8) is 0 Å². The highest BCUT2D eigenvalue weighted by molar-refractivity contribution is 6.32. The molecule has 0 saturated carbocycles. The Kier molecular flexibility index (Phi) is 13.5. The summed E-state index contributed by atoms with van der Waals surface area (Å²) >= 11 is 0. The largest absolute Gasteiger partial charge is 0.454 e. The number of hydrogen-bond acceptors (Lipinski definition) is 1. The first kappa shape index (κ1) is 63.7. The lowest BCUT2D eigenvalue weighted by molar-refractivity contribution is 0.568. The molecule has 0 atom stereocenters. The van der Waals surface area contributed by atoms with Crippen molar-refractivity contribution in [2.24, 2.45) is 0 Å². The molecule has 12 aromatic carbocycles. The fraction of sp³-hybridized carbons (Fsp3) is 0.245. The Morgan fingerprint density at radius 3 is 1.15 bits per heavy atom. The lowest BCUT2D eigenvalue weighted by Crippen LogP contribution is -2.16. The molecule has 0 aliphatic rings. The lowest BCUT2D eigenvalue weighted by atomic mass is 9.78. The molecule has 6 heterocycles. The Morgan fingerprint density at radius 1 is 0.225 bits per heavy atom. The first-order valence-corrected chi connectivity index (χ1v) is 36.9. The number of aromatic nitrogens is 3. The lowest BCUT2D eigenvalue weighted by Gasteiger charge is -2.26. The van der Waals surface area contributed by atoms with Crippen molar-refractivity contribution >= 4 is 109 Å². The number of hydrogen-bond donors (Lipinski definition) is 0. The number of nitrogens with zero attached hydrogens (tertiary/aromatic N) is 3. The van der Waals surface area contributed by atoms with E-state index in [1.54, 1.807) is 0 Å². The molecular weight excluding hydrogens is 1240 g/mol. The normalized spacial score (nSPS) is 13.4. The average Bonchev–Trinajstić information content (AvgIpc) is 1.51. The van der Waals surface area contributed by atoms with Crippen LogP contribution < -0.4 is 0 Å². The highest BCUT2D eigenvalue weighted by Gasteiger charge is 2.31. The molecule has 6 aromatic heterocycles. The van der Waals surface area contributed by atoms with Crippen LogP contribution in [-0.2, 0) is 32.5 Å². The summed E-state index contributed by atoms with van der Waals surface area (Å²) in [6.07, 6.45) is 0. The summed E-state index contributed by atoms with van der Waals surface area (Å²) in [5.74, 6) is 0. The number of rotatable bonds is 6. The maximum absolute atomic E-state index is 7.13. The minimum atomic E-state index is -0.0884. The van der Waals surface area contributed by atoms with Crippen molar-refractivity contribution < 1.29 is 4.42 Å². The predicted molar refractivity (Wildman–Crippen MR) is 439 cm³/mol. The van der Waals surface area contributed by atoms with Crippen molar-refractivity contribution in [1.29, 1.82) is 0 Å². The van der Waals surface area contributed by atoms with E-state index in [0.717, 1.165) is 33.1 Å². The second-order valence-electron chi connectivity index (χ2n) is 36.0. The molecule has 0 spiro atoms. The molecule has 18 rings (SSSR count). The summed E-state index contributed by atoms with van der Waals surface area (Å²) in [6.45, 7) is 42.4. The Morgan fingerprint density at radius 2 is 0.618 bits per heavy atom. The van der Waals surface area contributed by atoms with E-state index in [-0.39, 0.29) is 32.5 Å². The molecule has 4 heteroatoms. The van der Waals surface area contributed by atoms with E-state index in [1.807, 2.05) is 0 Å². The Balaban J connectivity index is 1.00. The van der Waals surface area contributed by atoms with E-state index in [4.69, 9.17) is 4.42 Å². The van der Waals surface area contributed by atoms with Gasteiger partial charge < -0.3 is 17.8 Å². The van der Waals surface area contributed by atoms with Crippen LogP contribution >= 0.6 is 0 Å². The van der Waals surface area contributed by atoms with Gasteiger partial charge in [0.1, 0.15) is 11.1 Å². The maximum Gasteiger partial charge on any atom is 0.161 e. The van der Waals surface area contributed by atoms with Gasteiger partial charge in [-0.05, 0) is 207 Å². The number of furan rings is 1. The van der Waals surface area contributed by atoms with Gasteiger partial charge >= 0.3 is 0 Å². The van der Waals surface area contributed by atoms with Crippen LogP contribution in [0.4, 0.5) is 0 Å². The van der Waals surface area contributed by atoms with Gasteiger partial charge in [-0.3, -0.25) is 0 Å². The first-order chi connectivity index (χ1) is 48.3. The molecule has 0 bridgehead atoms. The minimum Gasteiger partial charge on any atom is -0.454 e. The summed E-state index contributed by atoms with van der Waals surface area (Å²) in [5.41, 5.74) is 32.1. The smallest absolute Gasteiger partial charge is 0.161 e. The van der Waals surface area contributed by atoms with E-state index < -0.39 is 0 Å². The minimum absolute atomic E-state index is 0.0554. The Bertz CT molecular complexity index is 6430.